The molecule has 1 aliphatic rings. The molecule has 1 atom stereocenters. The predicted octanol–water partition coefficient (Wildman–Crippen LogP) is 2.66. The fraction of sp³-hybridized carbons (Fsp3) is 0.455. The standard InChI is InChI=1S/C11H14BrNO/c1-7-10-8(5-6-13-7)3-4-9(12)11(10)14-2/h3-4,7,13H,5-6H2,1-2H3. The molecule has 0 aromatic heterocycles. The number of nitrogens with one attached hydrogen (secondary N) is 1. The Morgan fingerprint density at radius 3 is 3.00 bits per heavy atom. The highest BCUT2D eigenvalue weighted by Crippen LogP contribution is 2.37. The van der Waals surface area contributed by atoms with Gasteiger partial charge in [-0.1, -0.05) is 6.07 Å². The number of benzene rings is 1. The zero-order valence-electron chi connectivity index (χ0n) is 8.43. The highest BCUT2D eigenvalue weighted by Gasteiger charge is 2.21. The van der Waals surface area contributed by atoms with E-state index in [4.69, 9.17) is 4.74 Å². The van der Waals surface area contributed by atoms with Gasteiger partial charge >= 0.3 is 0 Å². The molecule has 2 rings (SSSR count). The zero-order valence-corrected chi connectivity index (χ0v) is 10.0. The fourth-order valence-electron chi connectivity index (χ4n) is 2.04. The number of rotatable bonds is 1. The Morgan fingerprint density at radius 1 is 1.50 bits per heavy atom. The van der Waals surface area contributed by atoms with Crippen molar-refractivity contribution >= 4 is 15.9 Å². The molecule has 3 heteroatoms. The lowest BCUT2D eigenvalue weighted by Crippen LogP contribution is -2.28. The summed E-state index contributed by atoms with van der Waals surface area (Å²) < 4.78 is 6.46. The van der Waals surface area contributed by atoms with E-state index in [1.54, 1.807) is 7.11 Å². The average Bonchev–Trinajstić information content (AvgIpc) is 2.19. The van der Waals surface area contributed by atoms with Crippen molar-refractivity contribution in [2.24, 2.45) is 0 Å². The maximum atomic E-state index is 5.43. The molecule has 0 bridgehead atoms. The summed E-state index contributed by atoms with van der Waals surface area (Å²) in [6.45, 7) is 3.23. The fourth-order valence-corrected chi connectivity index (χ4v) is 2.55. The molecule has 0 saturated heterocycles. The van der Waals surface area contributed by atoms with Gasteiger partial charge in [0.05, 0.1) is 11.6 Å². The summed E-state index contributed by atoms with van der Waals surface area (Å²) >= 11 is 3.51. The molecule has 0 amide bonds. The van der Waals surface area contributed by atoms with E-state index < -0.39 is 0 Å². The quantitative estimate of drug-likeness (QED) is 0.834. The number of methoxy groups -OCH3 is 1. The van der Waals surface area contributed by atoms with Crippen LogP contribution < -0.4 is 10.1 Å². The van der Waals surface area contributed by atoms with Crippen LogP contribution in [-0.2, 0) is 6.42 Å². The molecule has 0 saturated carbocycles. The Labute approximate surface area is 92.8 Å². The summed E-state index contributed by atoms with van der Waals surface area (Å²) in [5.41, 5.74) is 2.70. The van der Waals surface area contributed by atoms with E-state index in [0.29, 0.717) is 6.04 Å². The highest BCUT2D eigenvalue weighted by molar-refractivity contribution is 9.10. The van der Waals surface area contributed by atoms with Gasteiger partial charge in [-0.2, -0.15) is 0 Å². The molecular formula is C11H14BrNO. The van der Waals surface area contributed by atoms with Crippen molar-refractivity contribution < 1.29 is 4.74 Å². The molecule has 0 aliphatic carbocycles. The minimum absolute atomic E-state index is 0.381. The van der Waals surface area contributed by atoms with E-state index >= 15 is 0 Å². The molecule has 1 aliphatic heterocycles. The van der Waals surface area contributed by atoms with Crippen molar-refractivity contribution in [3.63, 3.8) is 0 Å². The van der Waals surface area contributed by atoms with Crippen LogP contribution in [0.15, 0.2) is 16.6 Å². The normalized spacial score (nSPS) is 20.4. The monoisotopic (exact) mass is 255 g/mol. The third kappa shape index (κ3) is 1.55. The topological polar surface area (TPSA) is 21.3 Å². The van der Waals surface area contributed by atoms with Crippen LogP contribution in [0.25, 0.3) is 0 Å². The lowest BCUT2D eigenvalue weighted by Gasteiger charge is -2.26. The smallest absolute Gasteiger partial charge is 0.138 e. The largest absolute Gasteiger partial charge is 0.495 e. The molecule has 1 heterocycles. The van der Waals surface area contributed by atoms with Crippen LogP contribution in [0.4, 0.5) is 0 Å². The minimum Gasteiger partial charge on any atom is -0.495 e. The first-order valence-corrected chi connectivity index (χ1v) is 5.62. The van der Waals surface area contributed by atoms with Crippen molar-refractivity contribution in [3.05, 3.63) is 27.7 Å². The van der Waals surface area contributed by atoms with E-state index in [1.165, 1.54) is 11.1 Å². The summed E-state index contributed by atoms with van der Waals surface area (Å²) in [6, 6.07) is 4.63. The van der Waals surface area contributed by atoms with Crippen molar-refractivity contribution in [1.82, 2.24) is 5.32 Å². The summed E-state index contributed by atoms with van der Waals surface area (Å²) in [5, 5.41) is 3.44. The van der Waals surface area contributed by atoms with Crippen molar-refractivity contribution in [1.29, 1.82) is 0 Å². The second kappa shape index (κ2) is 3.91. The molecule has 0 spiro atoms. The Balaban J connectivity index is 2.57. The van der Waals surface area contributed by atoms with Crippen LogP contribution in [0.3, 0.4) is 0 Å². The Kier molecular flexibility index (Phi) is 2.79. The van der Waals surface area contributed by atoms with E-state index in [0.717, 1.165) is 23.2 Å². The number of hydrogen-bond donors (Lipinski definition) is 1. The van der Waals surface area contributed by atoms with Gasteiger partial charge in [0, 0.05) is 11.6 Å². The van der Waals surface area contributed by atoms with E-state index in [1.807, 2.05) is 0 Å². The molecule has 1 unspecified atom stereocenters. The second-order valence-electron chi connectivity index (χ2n) is 3.58. The number of hydrogen-bond acceptors (Lipinski definition) is 2. The van der Waals surface area contributed by atoms with Crippen LogP contribution in [0.5, 0.6) is 5.75 Å². The van der Waals surface area contributed by atoms with Crippen LogP contribution in [0.2, 0.25) is 0 Å². The summed E-state index contributed by atoms with van der Waals surface area (Å²) in [5.74, 6) is 0.974. The molecule has 76 valence electrons. The van der Waals surface area contributed by atoms with Crippen LogP contribution in [0.1, 0.15) is 24.1 Å². The predicted molar refractivity (Wildman–Crippen MR) is 60.8 cm³/mol. The zero-order chi connectivity index (χ0) is 10.1. The summed E-state index contributed by atoms with van der Waals surface area (Å²) in [4.78, 5) is 0. The Hall–Kier alpha value is -0.540. The third-order valence-corrected chi connectivity index (χ3v) is 3.34. The van der Waals surface area contributed by atoms with Crippen molar-refractivity contribution in [2.45, 2.75) is 19.4 Å². The molecule has 2 nitrogen and oxygen atoms in total. The lowest BCUT2D eigenvalue weighted by atomic mass is 9.94. The molecule has 14 heavy (non-hydrogen) atoms. The van der Waals surface area contributed by atoms with Crippen molar-refractivity contribution in [3.8, 4) is 5.75 Å². The van der Waals surface area contributed by atoms with Crippen LogP contribution in [0, 0.1) is 0 Å². The van der Waals surface area contributed by atoms with E-state index in [9.17, 15) is 0 Å². The van der Waals surface area contributed by atoms with Crippen molar-refractivity contribution in [2.75, 3.05) is 13.7 Å². The molecule has 0 radical (unpaired) electrons. The van der Waals surface area contributed by atoms with Gasteiger partial charge in [0.25, 0.3) is 0 Å². The number of fused-ring (bicyclic) bond motifs is 1. The Bertz CT molecular complexity index is 351. The van der Waals surface area contributed by atoms with Gasteiger partial charge in [-0.15, -0.1) is 0 Å². The van der Waals surface area contributed by atoms with Crippen LogP contribution in [-0.4, -0.2) is 13.7 Å². The van der Waals surface area contributed by atoms with Gasteiger partial charge in [0.2, 0.25) is 0 Å². The molecular weight excluding hydrogens is 242 g/mol. The van der Waals surface area contributed by atoms with Gasteiger partial charge in [-0.25, -0.2) is 0 Å². The first-order valence-electron chi connectivity index (χ1n) is 4.82. The van der Waals surface area contributed by atoms with Gasteiger partial charge in [-0.05, 0) is 47.4 Å². The van der Waals surface area contributed by atoms with Crippen LogP contribution >= 0.6 is 15.9 Å². The molecule has 1 N–H and O–H groups in total. The number of halogens is 1. The van der Waals surface area contributed by atoms with Gasteiger partial charge in [0.1, 0.15) is 5.75 Å². The van der Waals surface area contributed by atoms with Gasteiger partial charge in [0.15, 0.2) is 0 Å². The maximum absolute atomic E-state index is 5.43. The molecule has 0 fully saturated rings. The first kappa shape index (κ1) is 9.99. The second-order valence-corrected chi connectivity index (χ2v) is 4.43. The number of ether oxygens (including phenoxy) is 1. The molecule has 1 aromatic carbocycles. The van der Waals surface area contributed by atoms with Gasteiger partial charge in [-0.3, -0.25) is 0 Å². The summed E-state index contributed by atoms with van der Waals surface area (Å²) in [6.07, 6.45) is 1.09. The minimum atomic E-state index is 0.381. The highest BCUT2D eigenvalue weighted by atomic mass is 79.9. The SMILES string of the molecule is COc1c(Br)ccc2c1C(C)NCC2. The first-order chi connectivity index (χ1) is 6.74. The van der Waals surface area contributed by atoms with Gasteiger partial charge < -0.3 is 10.1 Å². The van der Waals surface area contributed by atoms with E-state index in [-0.39, 0.29) is 0 Å². The summed E-state index contributed by atoms with van der Waals surface area (Å²) in [7, 11) is 1.72. The lowest BCUT2D eigenvalue weighted by molar-refractivity contribution is 0.394. The molecule has 1 aromatic rings. The third-order valence-electron chi connectivity index (χ3n) is 2.72. The maximum Gasteiger partial charge on any atom is 0.138 e. The average molecular weight is 256 g/mol. The van der Waals surface area contributed by atoms with E-state index in [2.05, 4.69) is 40.3 Å². The Morgan fingerprint density at radius 2 is 2.29 bits per heavy atom.